The molecule has 0 radical (unpaired) electrons. The van der Waals surface area contributed by atoms with Crippen LogP contribution in [0.15, 0.2) is 6.20 Å². The van der Waals surface area contributed by atoms with Gasteiger partial charge in [-0.05, 0) is 0 Å². The third-order valence-corrected chi connectivity index (χ3v) is 1.15. The van der Waals surface area contributed by atoms with Gasteiger partial charge in [0.15, 0.2) is 0 Å². The Balaban J connectivity index is 2.84. The molecule has 0 amide bonds. The SMILES string of the molecule is OCc1cn(I)nn1. The minimum atomic E-state index is -0.0387. The first-order valence-corrected chi connectivity index (χ1v) is 2.97. The standard InChI is InChI=1S/C3H4IN3O/c4-7-1-3(2-8)5-6-7/h1,8H,2H2. The Hall–Kier alpha value is -0.170. The first-order valence-electron chi connectivity index (χ1n) is 2.01. The Bertz CT molecular complexity index is 175. The third kappa shape index (κ3) is 1.16. The van der Waals surface area contributed by atoms with Gasteiger partial charge >= 0.3 is 0 Å². The van der Waals surface area contributed by atoms with Gasteiger partial charge in [-0.25, -0.2) is 0 Å². The molecule has 1 aromatic rings. The molecule has 8 heavy (non-hydrogen) atoms. The Morgan fingerprint density at radius 3 is 2.88 bits per heavy atom. The van der Waals surface area contributed by atoms with Crippen molar-refractivity contribution in [2.75, 3.05) is 0 Å². The Labute approximate surface area is 60.0 Å². The van der Waals surface area contributed by atoms with E-state index in [-0.39, 0.29) is 6.61 Å². The highest BCUT2D eigenvalue weighted by Gasteiger charge is 1.92. The Morgan fingerprint density at radius 2 is 2.62 bits per heavy atom. The lowest BCUT2D eigenvalue weighted by molar-refractivity contribution is 0.276. The molecule has 0 aliphatic rings. The predicted octanol–water partition coefficient (Wildman–Crippen LogP) is -0.0315. The zero-order valence-electron chi connectivity index (χ0n) is 3.95. The second-order valence-corrected chi connectivity index (χ2v) is 2.25. The van der Waals surface area contributed by atoms with Crippen molar-refractivity contribution in [3.05, 3.63) is 11.9 Å². The van der Waals surface area contributed by atoms with Gasteiger partial charge in [-0.1, -0.05) is 5.21 Å². The van der Waals surface area contributed by atoms with Crippen LogP contribution in [-0.4, -0.2) is 18.3 Å². The van der Waals surface area contributed by atoms with Crippen molar-refractivity contribution in [2.45, 2.75) is 6.61 Å². The quantitative estimate of drug-likeness (QED) is 0.682. The molecule has 4 nitrogen and oxygen atoms in total. The van der Waals surface area contributed by atoms with Gasteiger partial charge in [0.2, 0.25) is 0 Å². The second kappa shape index (κ2) is 2.40. The van der Waals surface area contributed by atoms with E-state index in [1.54, 1.807) is 6.20 Å². The summed E-state index contributed by atoms with van der Waals surface area (Å²) in [6, 6.07) is 0. The van der Waals surface area contributed by atoms with E-state index in [1.807, 2.05) is 22.9 Å². The highest BCUT2D eigenvalue weighted by molar-refractivity contribution is 14.1. The molecule has 0 saturated carbocycles. The smallest absolute Gasteiger partial charge is 0.109 e. The number of rotatable bonds is 1. The minimum Gasteiger partial charge on any atom is -0.390 e. The lowest BCUT2D eigenvalue weighted by Gasteiger charge is -1.76. The highest BCUT2D eigenvalue weighted by atomic mass is 127. The maximum atomic E-state index is 8.43. The molecule has 0 bridgehead atoms. The zero-order chi connectivity index (χ0) is 5.98. The van der Waals surface area contributed by atoms with Crippen LogP contribution in [0.1, 0.15) is 5.69 Å². The normalized spacial score (nSPS) is 9.75. The second-order valence-electron chi connectivity index (χ2n) is 1.26. The molecule has 0 spiro atoms. The summed E-state index contributed by atoms with van der Waals surface area (Å²) in [7, 11) is 0. The van der Waals surface area contributed by atoms with E-state index in [0.29, 0.717) is 5.69 Å². The number of hydrogen-bond acceptors (Lipinski definition) is 3. The van der Waals surface area contributed by atoms with E-state index in [1.165, 1.54) is 2.90 Å². The van der Waals surface area contributed by atoms with Crippen LogP contribution in [0.4, 0.5) is 0 Å². The van der Waals surface area contributed by atoms with Crippen LogP contribution < -0.4 is 0 Å². The van der Waals surface area contributed by atoms with Gasteiger partial charge in [-0.3, -0.25) is 0 Å². The Morgan fingerprint density at radius 1 is 1.88 bits per heavy atom. The molecule has 0 atom stereocenters. The summed E-state index contributed by atoms with van der Waals surface area (Å²) >= 11 is 1.96. The average Bonchev–Trinajstić information content (AvgIpc) is 2.14. The van der Waals surface area contributed by atoms with Crippen molar-refractivity contribution in [1.29, 1.82) is 0 Å². The van der Waals surface area contributed by atoms with Crippen molar-refractivity contribution in [1.82, 2.24) is 13.2 Å². The maximum absolute atomic E-state index is 8.43. The average molecular weight is 225 g/mol. The number of aromatic nitrogens is 3. The molecule has 1 aromatic heterocycles. The van der Waals surface area contributed by atoms with Crippen molar-refractivity contribution in [2.24, 2.45) is 0 Å². The van der Waals surface area contributed by atoms with Crippen LogP contribution in [0, 0.1) is 0 Å². The van der Waals surface area contributed by atoms with E-state index >= 15 is 0 Å². The zero-order valence-corrected chi connectivity index (χ0v) is 6.11. The first kappa shape index (κ1) is 5.96. The molecule has 0 aliphatic carbocycles. The summed E-state index contributed by atoms with van der Waals surface area (Å²) in [5.74, 6) is 0. The minimum absolute atomic E-state index is 0.0387. The largest absolute Gasteiger partial charge is 0.390 e. The van der Waals surface area contributed by atoms with Crippen LogP contribution in [-0.2, 0) is 6.61 Å². The third-order valence-electron chi connectivity index (χ3n) is 0.676. The number of aliphatic hydroxyl groups is 1. The fourth-order valence-corrected chi connectivity index (χ4v) is 0.765. The van der Waals surface area contributed by atoms with Gasteiger partial charge in [0, 0.05) is 0 Å². The van der Waals surface area contributed by atoms with Crippen LogP contribution >= 0.6 is 22.9 Å². The lowest BCUT2D eigenvalue weighted by Crippen LogP contribution is -1.79. The summed E-state index contributed by atoms with van der Waals surface area (Å²) in [4.78, 5) is 0. The molecule has 0 saturated heterocycles. The van der Waals surface area contributed by atoms with Crippen LogP contribution in [0.25, 0.3) is 0 Å². The molecule has 1 heterocycles. The number of halogens is 1. The van der Waals surface area contributed by atoms with Crippen molar-refractivity contribution in [3.63, 3.8) is 0 Å². The number of aliphatic hydroxyl groups excluding tert-OH is 1. The van der Waals surface area contributed by atoms with Gasteiger partial charge < -0.3 is 5.11 Å². The lowest BCUT2D eigenvalue weighted by atomic mass is 10.5. The van der Waals surface area contributed by atoms with Crippen LogP contribution in [0.2, 0.25) is 0 Å². The molecule has 5 heteroatoms. The van der Waals surface area contributed by atoms with Gasteiger partial charge in [-0.2, -0.15) is 2.90 Å². The fourth-order valence-electron chi connectivity index (χ4n) is 0.347. The monoisotopic (exact) mass is 225 g/mol. The molecule has 1 rings (SSSR count). The van der Waals surface area contributed by atoms with Crippen LogP contribution in [0.3, 0.4) is 0 Å². The van der Waals surface area contributed by atoms with Gasteiger partial charge in [0.25, 0.3) is 0 Å². The first-order chi connectivity index (χ1) is 3.83. The van der Waals surface area contributed by atoms with Gasteiger partial charge in [0.1, 0.15) is 5.69 Å². The molecule has 0 aliphatic heterocycles. The van der Waals surface area contributed by atoms with E-state index in [0.717, 1.165) is 0 Å². The van der Waals surface area contributed by atoms with E-state index in [4.69, 9.17) is 5.11 Å². The Kier molecular flexibility index (Phi) is 1.79. The maximum Gasteiger partial charge on any atom is 0.109 e. The summed E-state index contributed by atoms with van der Waals surface area (Å²) in [5, 5.41) is 15.6. The van der Waals surface area contributed by atoms with Crippen molar-refractivity contribution in [3.8, 4) is 0 Å². The number of hydrogen-bond donors (Lipinski definition) is 1. The topological polar surface area (TPSA) is 50.9 Å². The summed E-state index contributed by atoms with van der Waals surface area (Å²) in [6.07, 6.45) is 1.65. The molecular formula is C3H4IN3O. The van der Waals surface area contributed by atoms with E-state index in [2.05, 4.69) is 10.3 Å². The van der Waals surface area contributed by atoms with Gasteiger partial charge in [0.05, 0.1) is 35.7 Å². The number of nitrogens with zero attached hydrogens (tertiary/aromatic N) is 3. The molecule has 44 valence electrons. The molecule has 0 unspecified atom stereocenters. The molecule has 1 N–H and O–H groups in total. The van der Waals surface area contributed by atoms with E-state index in [9.17, 15) is 0 Å². The fraction of sp³-hybridized carbons (Fsp3) is 0.333. The van der Waals surface area contributed by atoms with Crippen molar-refractivity contribution >= 4 is 22.9 Å². The molecule has 0 fully saturated rings. The van der Waals surface area contributed by atoms with Crippen molar-refractivity contribution < 1.29 is 5.11 Å². The summed E-state index contributed by atoms with van der Waals surface area (Å²) in [5.41, 5.74) is 0.597. The highest BCUT2D eigenvalue weighted by Crippen LogP contribution is 1.94. The summed E-state index contributed by atoms with van der Waals surface area (Å²) < 4.78 is 1.52. The summed E-state index contributed by atoms with van der Waals surface area (Å²) in [6.45, 7) is -0.0387. The van der Waals surface area contributed by atoms with E-state index < -0.39 is 0 Å². The van der Waals surface area contributed by atoms with Crippen LogP contribution in [0.5, 0.6) is 0 Å². The molecular weight excluding hydrogens is 221 g/mol. The van der Waals surface area contributed by atoms with Gasteiger partial charge in [-0.15, -0.1) is 5.10 Å². The molecule has 0 aromatic carbocycles. The predicted molar refractivity (Wildman–Crippen MR) is 35.4 cm³/mol.